The fourth-order valence-corrected chi connectivity index (χ4v) is 1.61. The zero-order valence-electron chi connectivity index (χ0n) is 10.1. The highest BCUT2D eigenvalue weighted by molar-refractivity contribution is 5.99. The van der Waals surface area contributed by atoms with E-state index in [-0.39, 0.29) is 18.3 Å². The Morgan fingerprint density at radius 1 is 1.32 bits per heavy atom. The molecule has 0 bridgehead atoms. The highest BCUT2D eigenvalue weighted by Crippen LogP contribution is 2.12. The number of anilines is 1. The normalized spacial score (nSPS) is 10.0. The van der Waals surface area contributed by atoms with Crippen LogP contribution in [0.3, 0.4) is 0 Å². The zero-order chi connectivity index (χ0) is 13.7. The van der Waals surface area contributed by atoms with Gasteiger partial charge in [-0.1, -0.05) is 18.2 Å². The molecule has 6 heteroatoms. The number of nitrogens with two attached hydrogens (primary N) is 1. The van der Waals surface area contributed by atoms with E-state index in [0.29, 0.717) is 16.8 Å². The van der Waals surface area contributed by atoms with E-state index in [0.717, 1.165) is 0 Å². The first-order valence-electron chi connectivity index (χ1n) is 5.64. The van der Waals surface area contributed by atoms with Crippen molar-refractivity contribution in [3.05, 3.63) is 59.7 Å². The highest BCUT2D eigenvalue weighted by atomic mass is 19.1. The largest absolute Gasteiger partial charge is 0.348 e. The van der Waals surface area contributed by atoms with Gasteiger partial charge in [0.15, 0.2) is 0 Å². The predicted octanol–water partition coefficient (Wildman–Crippen LogP) is 1.44. The lowest BCUT2D eigenvalue weighted by Gasteiger charge is -2.09. The molecule has 5 nitrogen and oxygen atoms in total. The Kier molecular flexibility index (Phi) is 4.04. The lowest BCUT2D eigenvalue weighted by molar-refractivity contribution is 0.0951. The van der Waals surface area contributed by atoms with Gasteiger partial charge in [0.25, 0.3) is 5.91 Å². The number of benzene rings is 1. The van der Waals surface area contributed by atoms with Gasteiger partial charge in [0.05, 0.1) is 11.3 Å². The van der Waals surface area contributed by atoms with E-state index in [9.17, 15) is 9.18 Å². The maximum atomic E-state index is 13.4. The number of nitrogens with zero attached hydrogens (tertiary/aromatic N) is 1. The van der Waals surface area contributed by atoms with Crippen molar-refractivity contribution in [1.29, 1.82) is 0 Å². The molecule has 1 heterocycles. The molecule has 2 rings (SSSR count). The smallest absolute Gasteiger partial charge is 0.255 e. The fraction of sp³-hybridized carbons (Fsp3) is 0.0769. The minimum atomic E-state index is -0.371. The third-order valence-corrected chi connectivity index (χ3v) is 2.62. The van der Waals surface area contributed by atoms with Crippen LogP contribution in [0.2, 0.25) is 0 Å². The van der Waals surface area contributed by atoms with Crippen molar-refractivity contribution >= 4 is 11.6 Å². The average Bonchev–Trinajstić information content (AvgIpc) is 2.46. The number of carbonyl (C=O) groups excluding carboxylic acids is 1. The molecule has 1 aromatic carbocycles. The van der Waals surface area contributed by atoms with E-state index in [1.807, 2.05) is 0 Å². The number of carbonyl (C=O) groups is 1. The van der Waals surface area contributed by atoms with Gasteiger partial charge >= 0.3 is 0 Å². The van der Waals surface area contributed by atoms with Gasteiger partial charge in [0, 0.05) is 24.5 Å². The quantitative estimate of drug-likeness (QED) is 0.574. The molecule has 98 valence electrons. The summed E-state index contributed by atoms with van der Waals surface area (Å²) in [5.74, 6) is 4.58. The van der Waals surface area contributed by atoms with Crippen molar-refractivity contribution in [2.45, 2.75) is 6.54 Å². The second-order valence-electron chi connectivity index (χ2n) is 3.84. The first-order chi connectivity index (χ1) is 9.22. The lowest BCUT2D eigenvalue weighted by Crippen LogP contribution is -2.25. The van der Waals surface area contributed by atoms with Crippen LogP contribution in [0.15, 0.2) is 42.7 Å². The fourth-order valence-electron chi connectivity index (χ4n) is 1.61. The summed E-state index contributed by atoms with van der Waals surface area (Å²) in [5.41, 5.74) is 3.60. The molecule has 0 aliphatic carbocycles. The summed E-state index contributed by atoms with van der Waals surface area (Å²) >= 11 is 0. The SMILES string of the molecule is NNc1ccncc1C(=O)NCc1ccccc1F. The van der Waals surface area contributed by atoms with Crippen LogP contribution in [-0.4, -0.2) is 10.9 Å². The van der Waals surface area contributed by atoms with E-state index < -0.39 is 0 Å². The van der Waals surface area contributed by atoms with Gasteiger partial charge in [-0.2, -0.15) is 0 Å². The van der Waals surface area contributed by atoms with Crippen molar-refractivity contribution in [3.8, 4) is 0 Å². The molecule has 0 spiro atoms. The Morgan fingerprint density at radius 3 is 2.84 bits per heavy atom. The summed E-state index contributed by atoms with van der Waals surface area (Å²) in [6.45, 7) is 0.102. The summed E-state index contributed by atoms with van der Waals surface area (Å²) in [4.78, 5) is 15.8. The number of nitrogens with one attached hydrogen (secondary N) is 2. The summed E-state index contributed by atoms with van der Waals surface area (Å²) < 4.78 is 13.4. The number of aromatic nitrogens is 1. The van der Waals surface area contributed by atoms with Crippen LogP contribution >= 0.6 is 0 Å². The second-order valence-corrected chi connectivity index (χ2v) is 3.84. The number of hydrazine groups is 1. The molecular weight excluding hydrogens is 247 g/mol. The van der Waals surface area contributed by atoms with E-state index >= 15 is 0 Å². The third-order valence-electron chi connectivity index (χ3n) is 2.62. The molecular formula is C13H13FN4O. The molecule has 0 fully saturated rings. The van der Waals surface area contributed by atoms with E-state index in [1.54, 1.807) is 24.3 Å². The van der Waals surface area contributed by atoms with Gasteiger partial charge in [-0.25, -0.2) is 4.39 Å². The number of rotatable bonds is 4. The third kappa shape index (κ3) is 3.05. The van der Waals surface area contributed by atoms with Crippen LogP contribution < -0.4 is 16.6 Å². The van der Waals surface area contributed by atoms with Crippen LogP contribution in [0, 0.1) is 5.82 Å². The molecule has 0 aliphatic rings. The molecule has 0 saturated carbocycles. The van der Waals surface area contributed by atoms with Gasteiger partial charge in [-0.3, -0.25) is 15.6 Å². The van der Waals surface area contributed by atoms with Crippen molar-refractivity contribution in [2.24, 2.45) is 5.84 Å². The van der Waals surface area contributed by atoms with Crippen LogP contribution in [-0.2, 0) is 6.54 Å². The van der Waals surface area contributed by atoms with E-state index in [1.165, 1.54) is 18.5 Å². The van der Waals surface area contributed by atoms with Crippen LogP contribution in [0.5, 0.6) is 0 Å². The van der Waals surface area contributed by atoms with Gasteiger partial charge in [0.2, 0.25) is 0 Å². The first kappa shape index (κ1) is 13.0. The Morgan fingerprint density at radius 2 is 2.11 bits per heavy atom. The molecule has 0 aliphatic heterocycles. The van der Waals surface area contributed by atoms with Crippen LogP contribution in [0.25, 0.3) is 0 Å². The Bertz CT molecular complexity index is 588. The zero-order valence-corrected chi connectivity index (χ0v) is 10.1. The topological polar surface area (TPSA) is 80.0 Å². The number of halogens is 1. The van der Waals surface area contributed by atoms with E-state index in [4.69, 9.17) is 5.84 Å². The molecule has 0 radical (unpaired) electrons. The van der Waals surface area contributed by atoms with Gasteiger partial charge < -0.3 is 10.7 Å². The number of hydrogen-bond acceptors (Lipinski definition) is 4. The van der Waals surface area contributed by atoms with Crippen molar-refractivity contribution < 1.29 is 9.18 Å². The van der Waals surface area contributed by atoms with Crippen molar-refractivity contribution in [3.63, 3.8) is 0 Å². The van der Waals surface area contributed by atoms with Gasteiger partial charge in [0.1, 0.15) is 5.82 Å². The number of amides is 1. The molecule has 19 heavy (non-hydrogen) atoms. The first-order valence-corrected chi connectivity index (χ1v) is 5.64. The number of nitrogen functional groups attached to an aromatic ring is 1. The predicted molar refractivity (Wildman–Crippen MR) is 69.6 cm³/mol. The summed E-state index contributed by atoms with van der Waals surface area (Å²) in [5, 5.41) is 2.62. The Hall–Kier alpha value is -2.47. The van der Waals surface area contributed by atoms with Crippen molar-refractivity contribution in [1.82, 2.24) is 10.3 Å². The standard InChI is InChI=1S/C13H13FN4O/c14-11-4-2-1-3-9(11)7-17-13(19)10-8-16-6-5-12(10)18-15/h1-6,8H,7,15H2,(H,16,18)(H,17,19). The lowest BCUT2D eigenvalue weighted by atomic mass is 10.2. The summed E-state index contributed by atoms with van der Waals surface area (Å²) in [6.07, 6.45) is 2.91. The van der Waals surface area contributed by atoms with Crippen LogP contribution in [0.1, 0.15) is 15.9 Å². The Balaban J connectivity index is 2.08. The maximum absolute atomic E-state index is 13.4. The Labute approximate surface area is 109 Å². The molecule has 2 aromatic rings. The average molecular weight is 260 g/mol. The highest BCUT2D eigenvalue weighted by Gasteiger charge is 2.11. The summed E-state index contributed by atoms with van der Waals surface area (Å²) in [6, 6.07) is 7.84. The summed E-state index contributed by atoms with van der Waals surface area (Å²) in [7, 11) is 0. The van der Waals surface area contributed by atoms with Crippen molar-refractivity contribution in [2.75, 3.05) is 5.43 Å². The second kappa shape index (κ2) is 5.92. The number of hydrogen-bond donors (Lipinski definition) is 3. The molecule has 0 unspecified atom stereocenters. The minimum Gasteiger partial charge on any atom is -0.348 e. The molecule has 0 atom stereocenters. The monoisotopic (exact) mass is 260 g/mol. The molecule has 0 saturated heterocycles. The number of pyridine rings is 1. The molecule has 1 amide bonds. The molecule has 4 N–H and O–H groups in total. The van der Waals surface area contributed by atoms with Crippen LogP contribution in [0.4, 0.5) is 10.1 Å². The van der Waals surface area contributed by atoms with E-state index in [2.05, 4.69) is 15.7 Å². The maximum Gasteiger partial charge on any atom is 0.255 e. The molecule has 1 aromatic heterocycles. The van der Waals surface area contributed by atoms with Gasteiger partial charge in [-0.05, 0) is 12.1 Å². The van der Waals surface area contributed by atoms with Gasteiger partial charge in [-0.15, -0.1) is 0 Å². The minimum absolute atomic E-state index is 0.102.